The largest absolute Gasteiger partial charge is 0.434 e. The second-order valence-corrected chi connectivity index (χ2v) is 9.96. The van der Waals surface area contributed by atoms with Gasteiger partial charge < -0.3 is 24.0 Å². The van der Waals surface area contributed by atoms with Crippen LogP contribution >= 0.6 is 0 Å². The first kappa shape index (κ1) is 19.6. The quantitative estimate of drug-likeness (QED) is 0.547. The van der Waals surface area contributed by atoms with Gasteiger partial charge in [-0.25, -0.2) is 4.98 Å². The van der Waals surface area contributed by atoms with E-state index in [4.69, 9.17) is 13.6 Å². The van der Waals surface area contributed by atoms with Crippen molar-refractivity contribution in [2.75, 3.05) is 33.3 Å². The number of β-amino-alcohol motifs (C(OH)–C–C–N with tert-alkyl or cyclic N) is 1. The van der Waals surface area contributed by atoms with Crippen molar-refractivity contribution in [1.82, 2.24) is 19.4 Å². The van der Waals surface area contributed by atoms with E-state index in [1.165, 1.54) is 18.2 Å². The van der Waals surface area contributed by atoms with Crippen LogP contribution in [0.15, 0.2) is 36.4 Å². The van der Waals surface area contributed by atoms with E-state index in [1.54, 1.807) is 22.8 Å². The standard InChI is InChI=1S/C27H24F2N4O4/c1-31-21-10-20(23-17(25(31)34)3-2-4-22(23)37-26(28)29)33-19-9-15(5-6-18(19)30-24(21)33)7-8-27(35)13-32(14-27)16-11-36-12-16/h2-6,9,16,20-21,26,35H,10-14H2,1H3/t20-,21-/m1/s1/i1D3. The van der Waals surface area contributed by atoms with Crippen LogP contribution in [0.4, 0.5) is 8.78 Å². The van der Waals surface area contributed by atoms with Crippen molar-refractivity contribution in [3.8, 4) is 17.6 Å². The molecule has 1 N–H and O–H groups in total. The Labute approximate surface area is 215 Å². The van der Waals surface area contributed by atoms with Crippen molar-refractivity contribution in [2.45, 2.75) is 36.8 Å². The summed E-state index contributed by atoms with van der Waals surface area (Å²) in [6.07, 6.45) is 0.134. The molecule has 2 atom stereocenters. The minimum atomic E-state index is -3.13. The molecule has 8 nitrogen and oxygen atoms in total. The van der Waals surface area contributed by atoms with Crippen molar-refractivity contribution < 1.29 is 32.3 Å². The van der Waals surface area contributed by atoms with E-state index in [-0.39, 0.29) is 23.3 Å². The van der Waals surface area contributed by atoms with Gasteiger partial charge in [0, 0.05) is 47.3 Å². The molecule has 0 spiro atoms. The SMILES string of the molecule is [2H]C([2H])([2H])N1C(=O)c2cccc(OC(F)F)c2[C@H]2C[C@@H]1c1nc3ccc(C#CC4(O)CN(C5COC5)C4)cc3n12. The molecule has 4 aliphatic rings. The van der Waals surface area contributed by atoms with E-state index in [0.717, 1.165) is 4.90 Å². The third-order valence-electron chi connectivity index (χ3n) is 7.66. The Morgan fingerprint density at radius 2 is 2.11 bits per heavy atom. The molecule has 0 radical (unpaired) electrons. The number of amides is 1. The molecule has 4 aliphatic heterocycles. The molecule has 10 heteroatoms. The number of rotatable bonds is 3. The second-order valence-electron chi connectivity index (χ2n) is 9.96. The van der Waals surface area contributed by atoms with Gasteiger partial charge in [-0.15, -0.1) is 0 Å². The number of alkyl halides is 2. The molecule has 37 heavy (non-hydrogen) atoms. The number of ether oxygens (including phenoxy) is 2. The Balaban J connectivity index is 1.33. The van der Waals surface area contributed by atoms with Crippen molar-refractivity contribution in [2.24, 2.45) is 0 Å². The highest BCUT2D eigenvalue weighted by atomic mass is 19.3. The Hall–Kier alpha value is -3.52. The zero-order chi connectivity index (χ0) is 28.0. The zero-order valence-corrected chi connectivity index (χ0v) is 19.5. The molecule has 1 aromatic heterocycles. The molecule has 7 rings (SSSR count). The highest BCUT2D eigenvalue weighted by Crippen LogP contribution is 2.50. The van der Waals surface area contributed by atoms with E-state index in [0.29, 0.717) is 54.8 Å². The lowest BCUT2D eigenvalue weighted by molar-refractivity contribution is -0.144. The van der Waals surface area contributed by atoms with Crippen LogP contribution in [0.25, 0.3) is 11.0 Å². The number of benzene rings is 2. The summed E-state index contributed by atoms with van der Waals surface area (Å²) < 4.78 is 62.9. The molecule has 2 aromatic carbocycles. The number of carbonyl (C=O) groups is 1. The molecule has 190 valence electrons. The van der Waals surface area contributed by atoms with Gasteiger partial charge in [0.05, 0.1) is 42.4 Å². The molecule has 0 aliphatic carbocycles. The number of fused-ring (bicyclic) bond motifs is 9. The van der Waals surface area contributed by atoms with E-state index < -0.39 is 37.2 Å². The van der Waals surface area contributed by atoms with Crippen LogP contribution in [-0.4, -0.2) is 81.9 Å². The Morgan fingerprint density at radius 3 is 2.84 bits per heavy atom. The number of aromatic nitrogens is 2. The van der Waals surface area contributed by atoms with Gasteiger partial charge in [-0.1, -0.05) is 17.9 Å². The molecule has 2 saturated heterocycles. The summed E-state index contributed by atoms with van der Waals surface area (Å²) in [6, 6.07) is 8.20. The van der Waals surface area contributed by atoms with Crippen LogP contribution in [0.3, 0.4) is 0 Å². The lowest BCUT2D eigenvalue weighted by atomic mass is 9.92. The summed E-state index contributed by atoms with van der Waals surface area (Å²) in [5.74, 6) is 5.39. The summed E-state index contributed by atoms with van der Waals surface area (Å²) in [5.41, 5.74) is 0.832. The number of hydrogen-bond donors (Lipinski definition) is 1. The molecule has 2 bridgehead atoms. The highest BCUT2D eigenvalue weighted by Gasteiger charge is 2.46. The number of imidazole rings is 1. The smallest absolute Gasteiger partial charge is 0.387 e. The molecule has 1 amide bonds. The van der Waals surface area contributed by atoms with Crippen molar-refractivity contribution in [3.63, 3.8) is 0 Å². The van der Waals surface area contributed by atoms with Crippen LogP contribution in [-0.2, 0) is 4.74 Å². The third-order valence-corrected chi connectivity index (χ3v) is 7.66. The summed E-state index contributed by atoms with van der Waals surface area (Å²) in [4.78, 5) is 21.1. The summed E-state index contributed by atoms with van der Waals surface area (Å²) >= 11 is 0. The topological polar surface area (TPSA) is 80.1 Å². The van der Waals surface area contributed by atoms with Gasteiger partial charge in [0.15, 0.2) is 5.60 Å². The van der Waals surface area contributed by atoms with Gasteiger partial charge in [0.1, 0.15) is 11.6 Å². The highest BCUT2D eigenvalue weighted by molar-refractivity contribution is 5.97. The van der Waals surface area contributed by atoms with Crippen LogP contribution < -0.4 is 4.74 Å². The van der Waals surface area contributed by atoms with E-state index in [2.05, 4.69) is 21.7 Å². The summed E-state index contributed by atoms with van der Waals surface area (Å²) in [7, 11) is 0. The molecule has 2 fully saturated rings. The molecular weight excluding hydrogens is 482 g/mol. The Kier molecular flexibility index (Phi) is 4.23. The first-order valence-corrected chi connectivity index (χ1v) is 12.0. The molecular formula is C27H24F2N4O4. The van der Waals surface area contributed by atoms with Crippen LogP contribution in [0.1, 0.15) is 49.9 Å². The van der Waals surface area contributed by atoms with Crippen molar-refractivity contribution in [3.05, 3.63) is 58.9 Å². The van der Waals surface area contributed by atoms with Gasteiger partial charge in [0.25, 0.3) is 5.91 Å². The van der Waals surface area contributed by atoms with Gasteiger partial charge in [-0.3, -0.25) is 9.69 Å². The number of likely N-dealkylation sites (tertiary alicyclic amines) is 1. The molecule has 3 aromatic rings. The maximum absolute atomic E-state index is 13.5. The third kappa shape index (κ3) is 3.45. The van der Waals surface area contributed by atoms with Gasteiger partial charge in [0.2, 0.25) is 0 Å². The first-order valence-electron chi connectivity index (χ1n) is 13.5. The predicted molar refractivity (Wildman–Crippen MR) is 128 cm³/mol. The zero-order valence-electron chi connectivity index (χ0n) is 22.5. The minimum absolute atomic E-state index is 0.00107. The normalized spacial score (nSPS) is 25.7. The van der Waals surface area contributed by atoms with E-state index >= 15 is 0 Å². The number of hydrogen-bond acceptors (Lipinski definition) is 6. The second kappa shape index (κ2) is 7.99. The van der Waals surface area contributed by atoms with Crippen LogP contribution in [0.5, 0.6) is 5.75 Å². The lowest BCUT2D eigenvalue weighted by Gasteiger charge is -2.49. The molecule has 5 heterocycles. The fourth-order valence-corrected chi connectivity index (χ4v) is 5.77. The number of aliphatic hydroxyl groups is 1. The van der Waals surface area contributed by atoms with E-state index in [9.17, 15) is 18.7 Å². The summed E-state index contributed by atoms with van der Waals surface area (Å²) in [6.45, 7) is -3.74. The monoisotopic (exact) mass is 509 g/mol. The van der Waals surface area contributed by atoms with Gasteiger partial charge in [-0.05, 0) is 30.3 Å². The van der Waals surface area contributed by atoms with Crippen LogP contribution in [0, 0.1) is 11.8 Å². The predicted octanol–water partition coefficient (Wildman–Crippen LogP) is 2.55. The maximum Gasteiger partial charge on any atom is 0.387 e. The van der Waals surface area contributed by atoms with Crippen molar-refractivity contribution >= 4 is 16.9 Å². The van der Waals surface area contributed by atoms with Crippen LogP contribution in [0.2, 0.25) is 0 Å². The number of carbonyl (C=O) groups excluding carboxylic acids is 1. The Bertz CT molecular complexity index is 1600. The fourth-order valence-electron chi connectivity index (χ4n) is 5.77. The maximum atomic E-state index is 13.5. The lowest BCUT2D eigenvalue weighted by Crippen LogP contribution is -2.67. The van der Waals surface area contributed by atoms with E-state index in [1.807, 2.05) is 0 Å². The summed E-state index contributed by atoms with van der Waals surface area (Å²) in [5, 5.41) is 10.8. The number of nitrogens with zero attached hydrogens (tertiary/aromatic N) is 4. The molecule has 0 saturated carbocycles. The Morgan fingerprint density at radius 1 is 1.27 bits per heavy atom. The average molecular weight is 510 g/mol. The van der Waals surface area contributed by atoms with Gasteiger partial charge in [-0.2, -0.15) is 8.78 Å². The first-order chi connectivity index (χ1) is 19.0. The van der Waals surface area contributed by atoms with Gasteiger partial charge >= 0.3 is 6.61 Å². The van der Waals surface area contributed by atoms with Crippen molar-refractivity contribution in [1.29, 1.82) is 0 Å². The molecule has 0 unspecified atom stereocenters. The fraction of sp³-hybridized carbons (Fsp3) is 0.407. The minimum Gasteiger partial charge on any atom is -0.434 e. The number of halogens is 2. The average Bonchev–Trinajstić information content (AvgIpc) is 3.32.